The molecule has 0 spiro atoms. The summed E-state index contributed by atoms with van der Waals surface area (Å²) in [6, 6.07) is 12.8. The molecule has 2 aliphatic carbocycles. The summed E-state index contributed by atoms with van der Waals surface area (Å²) >= 11 is 0. The number of rotatable bonds is 9. The lowest BCUT2D eigenvalue weighted by atomic mass is 9.94. The SMILES string of the molecule is CC(=O)NC(Cc1cc(F)cc(F)c1)C(O)CNC1(c2cccc(-n3cccn3)c2)C2CCCC21. The molecule has 184 valence electrons. The van der Waals surface area contributed by atoms with Crippen molar-refractivity contribution in [3.63, 3.8) is 0 Å². The third kappa shape index (κ3) is 4.73. The molecule has 2 aromatic carbocycles. The van der Waals surface area contributed by atoms with Crippen LogP contribution < -0.4 is 10.6 Å². The molecule has 2 saturated carbocycles. The van der Waals surface area contributed by atoms with Crippen LogP contribution in [0.2, 0.25) is 0 Å². The second-order valence-corrected chi connectivity index (χ2v) is 9.75. The molecule has 2 aliphatic rings. The number of benzene rings is 2. The second kappa shape index (κ2) is 9.51. The number of hydrogen-bond donors (Lipinski definition) is 3. The van der Waals surface area contributed by atoms with Gasteiger partial charge in [-0.1, -0.05) is 18.6 Å². The van der Waals surface area contributed by atoms with Crippen molar-refractivity contribution in [3.05, 3.63) is 83.7 Å². The number of aliphatic hydroxyl groups excluding tert-OH is 1. The summed E-state index contributed by atoms with van der Waals surface area (Å²) in [5.74, 6) is -0.707. The normalized spacial score (nSPS) is 24.6. The van der Waals surface area contributed by atoms with Crippen LogP contribution >= 0.6 is 0 Å². The van der Waals surface area contributed by atoms with Crippen molar-refractivity contribution in [2.45, 2.75) is 50.3 Å². The number of aliphatic hydroxyl groups is 1. The van der Waals surface area contributed by atoms with Gasteiger partial charge in [0.2, 0.25) is 5.91 Å². The molecule has 4 unspecified atom stereocenters. The fraction of sp³-hybridized carbons (Fsp3) is 0.407. The van der Waals surface area contributed by atoms with E-state index in [0.29, 0.717) is 17.4 Å². The molecule has 2 fully saturated rings. The third-order valence-electron chi connectivity index (χ3n) is 7.50. The maximum atomic E-state index is 13.7. The van der Waals surface area contributed by atoms with Gasteiger partial charge in [0.15, 0.2) is 0 Å². The van der Waals surface area contributed by atoms with Crippen molar-refractivity contribution in [2.75, 3.05) is 6.54 Å². The monoisotopic (exact) mass is 480 g/mol. The van der Waals surface area contributed by atoms with Gasteiger partial charge in [-0.2, -0.15) is 5.10 Å². The van der Waals surface area contributed by atoms with Crippen LogP contribution in [0.25, 0.3) is 5.69 Å². The Bertz CT molecular complexity index is 1170. The number of amides is 1. The standard InChI is InChI=1S/C27H30F2N4O2/c1-17(34)32-25(13-18-11-20(28)15-21(29)12-18)26(35)16-30-27(23-7-3-8-24(23)27)19-5-2-6-22(14-19)33-10-4-9-31-33/h2,4-6,9-12,14-15,23-26,30,35H,3,7-8,13,16H2,1H3,(H,32,34). The Morgan fingerprint density at radius 1 is 1.17 bits per heavy atom. The highest BCUT2D eigenvalue weighted by Crippen LogP contribution is 2.66. The molecule has 5 rings (SSSR count). The molecule has 1 heterocycles. The number of carbonyl (C=O) groups is 1. The summed E-state index contributed by atoms with van der Waals surface area (Å²) in [6.45, 7) is 1.61. The zero-order chi connectivity index (χ0) is 24.6. The van der Waals surface area contributed by atoms with E-state index in [1.54, 1.807) is 6.20 Å². The van der Waals surface area contributed by atoms with Gasteiger partial charge in [0, 0.05) is 37.5 Å². The molecular weight excluding hydrogens is 450 g/mol. The van der Waals surface area contributed by atoms with Gasteiger partial charge in [0.1, 0.15) is 11.6 Å². The molecular formula is C27H30F2N4O2. The number of nitrogens with zero attached hydrogens (tertiary/aromatic N) is 2. The average Bonchev–Trinajstić information content (AvgIpc) is 3.25. The third-order valence-corrected chi connectivity index (χ3v) is 7.50. The first-order valence-electron chi connectivity index (χ1n) is 12.1. The van der Waals surface area contributed by atoms with Gasteiger partial charge in [0.25, 0.3) is 0 Å². The minimum absolute atomic E-state index is 0.117. The largest absolute Gasteiger partial charge is 0.390 e. The van der Waals surface area contributed by atoms with E-state index in [9.17, 15) is 18.7 Å². The van der Waals surface area contributed by atoms with Gasteiger partial charge >= 0.3 is 0 Å². The van der Waals surface area contributed by atoms with Gasteiger partial charge in [0.05, 0.1) is 17.8 Å². The fourth-order valence-corrected chi connectivity index (χ4v) is 6.02. The Hall–Kier alpha value is -3.10. The van der Waals surface area contributed by atoms with Gasteiger partial charge in [-0.15, -0.1) is 0 Å². The summed E-state index contributed by atoms with van der Waals surface area (Å²) in [6.07, 6.45) is 6.26. The van der Waals surface area contributed by atoms with E-state index in [1.807, 2.05) is 29.1 Å². The molecule has 8 heteroatoms. The molecule has 1 amide bonds. The molecule has 0 radical (unpaired) electrons. The van der Waals surface area contributed by atoms with Gasteiger partial charge in [-0.25, -0.2) is 13.5 Å². The van der Waals surface area contributed by atoms with Crippen LogP contribution in [0.4, 0.5) is 8.78 Å². The van der Waals surface area contributed by atoms with Crippen molar-refractivity contribution in [1.82, 2.24) is 20.4 Å². The predicted molar refractivity (Wildman–Crippen MR) is 128 cm³/mol. The Kier molecular flexibility index (Phi) is 6.42. The minimum Gasteiger partial charge on any atom is -0.390 e. The summed E-state index contributed by atoms with van der Waals surface area (Å²) in [5, 5.41) is 21.8. The molecule has 1 aromatic heterocycles. The summed E-state index contributed by atoms with van der Waals surface area (Å²) in [5.41, 5.74) is 2.28. The van der Waals surface area contributed by atoms with Crippen molar-refractivity contribution in [3.8, 4) is 5.69 Å². The lowest BCUT2D eigenvalue weighted by Gasteiger charge is -2.29. The summed E-state index contributed by atoms with van der Waals surface area (Å²) < 4.78 is 29.2. The van der Waals surface area contributed by atoms with E-state index in [-0.39, 0.29) is 24.4 Å². The number of nitrogens with one attached hydrogen (secondary N) is 2. The van der Waals surface area contributed by atoms with Crippen LogP contribution in [-0.4, -0.2) is 39.5 Å². The van der Waals surface area contributed by atoms with Crippen molar-refractivity contribution in [2.24, 2.45) is 11.8 Å². The first kappa shape index (κ1) is 23.6. The lowest BCUT2D eigenvalue weighted by molar-refractivity contribution is -0.120. The first-order valence-corrected chi connectivity index (χ1v) is 12.1. The lowest BCUT2D eigenvalue weighted by Crippen LogP contribution is -2.50. The smallest absolute Gasteiger partial charge is 0.217 e. The van der Waals surface area contributed by atoms with E-state index in [0.717, 1.165) is 30.2 Å². The van der Waals surface area contributed by atoms with Crippen LogP contribution in [0.15, 0.2) is 60.9 Å². The molecule has 35 heavy (non-hydrogen) atoms. The van der Waals surface area contributed by atoms with Gasteiger partial charge in [-0.3, -0.25) is 4.79 Å². The van der Waals surface area contributed by atoms with Gasteiger partial charge < -0.3 is 15.7 Å². The highest BCUT2D eigenvalue weighted by atomic mass is 19.1. The number of fused-ring (bicyclic) bond motifs is 1. The number of halogens is 2. The highest BCUT2D eigenvalue weighted by molar-refractivity contribution is 5.73. The highest BCUT2D eigenvalue weighted by Gasteiger charge is 2.66. The molecule has 0 saturated heterocycles. The van der Waals surface area contributed by atoms with E-state index in [1.165, 1.54) is 25.5 Å². The number of carbonyl (C=O) groups excluding carboxylic acids is 1. The fourth-order valence-electron chi connectivity index (χ4n) is 6.02. The van der Waals surface area contributed by atoms with Crippen LogP contribution in [0.3, 0.4) is 0 Å². The Morgan fingerprint density at radius 2 is 1.91 bits per heavy atom. The topological polar surface area (TPSA) is 79.2 Å². The zero-order valence-electron chi connectivity index (χ0n) is 19.6. The quantitative estimate of drug-likeness (QED) is 0.438. The van der Waals surface area contributed by atoms with Crippen LogP contribution in [-0.2, 0) is 16.8 Å². The van der Waals surface area contributed by atoms with E-state index in [2.05, 4.69) is 27.9 Å². The van der Waals surface area contributed by atoms with Crippen molar-refractivity contribution in [1.29, 1.82) is 0 Å². The first-order chi connectivity index (χ1) is 16.9. The average molecular weight is 481 g/mol. The van der Waals surface area contributed by atoms with Crippen LogP contribution in [0, 0.1) is 23.5 Å². The molecule has 0 aliphatic heterocycles. The van der Waals surface area contributed by atoms with Gasteiger partial charge in [-0.05, 0) is 72.6 Å². The maximum Gasteiger partial charge on any atom is 0.217 e. The molecule has 0 bridgehead atoms. The molecule has 6 nitrogen and oxygen atoms in total. The van der Waals surface area contributed by atoms with Crippen LogP contribution in [0.1, 0.15) is 37.3 Å². The molecule has 4 atom stereocenters. The van der Waals surface area contributed by atoms with Crippen LogP contribution in [0.5, 0.6) is 0 Å². The van der Waals surface area contributed by atoms with Crippen molar-refractivity contribution < 1.29 is 18.7 Å². The minimum atomic E-state index is -0.947. The van der Waals surface area contributed by atoms with E-state index < -0.39 is 23.8 Å². The molecule has 3 aromatic rings. The predicted octanol–water partition coefficient (Wildman–Crippen LogP) is 3.47. The Labute approximate surface area is 203 Å². The Balaban J connectivity index is 1.35. The van der Waals surface area contributed by atoms with E-state index in [4.69, 9.17) is 0 Å². The molecule has 3 N–H and O–H groups in total. The Morgan fingerprint density at radius 3 is 2.57 bits per heavy atom. The number of hydrogen-bond acceptors (Lipinski definition) is 4. The second-order valence-electron chi connectivity index (χ2n) is 9.75. The summed E-state index contributed by atoms with van der Waals surface area (Å²) in [7, 11) is 0. The number of aromatic nitrogens is 2. The van der Waals surface area contributed by atoms with E-state index >= 15 is 0 Å². The zero-order valence-corrected chi connectivity index (χ0v) is 19.6. The maximum absolute atomic E-state index is 13.7. The summed E-state index contributed by atoms with van der Waals surface area (Å²) in [4.78, 5) is 11.8. The van der Waals surface area contributed by atoms with Crippen molar-refractivity contribution >= 4 is 5.91 Å².